The molecule has 0 unspecified atom stereocenters. The Morgan fingerprint density at radius 1 is 1.44 bits per heavy atom. The Hall–Kier alpha value is -2.37. The molecular formula is C12H11FN2O3. The molecule has 5 nitrogen and oxygen atoms in total. The van der Waals surface area contributed by atoms with Crippen molar-refractivity contribution in [3.05, 3.63) is 35.1 Å². The first-order chi connectivity index (χ1) is 8.52. The average molecular weight is 250 g/mol. The van der Waals surface area contributed by atoms with Crippen molar-refractivity contribution in [2.24, 2.45) is 0 Å². The van der Waals surface area contributed by atoms with E-state index in [-0.39, 0.29) is 22.7 Å². The van der Waals surface area contributed by atoms with Crippen molar-refractivity contribution in [2.45, 2.75) is 6.92 Å². The molecule has 2 aromatic rings. The number of nitrogens with zero attached hydrogens (tertiary/aromatic N) is 1. The van der Waals surface area contributed by atoms with E-state index < -0.39 is 11.8 Å². The maximum absolute atomic E-state index is 13.8. The molecule has 0 fully saturated rings. The number of carbonyl (C=O) groups is 1. The molecule has 0 radical (unpaired) electrons. The number of nitrogen functional groups attached to an aromatic ring is 1. The zero-order valence-corrected chi connectivity index (χ0v) is 9.86. The summed E-state index contributed by atoms with van der Waals surface area (Å²) in [5, 5.41) is 3.47. The van der Waals surface area contributed by atoms with E-state index in [2.05, 4.69) is 9.89 Å². The van der Waals surface area contributed by atoms with Crippen molar-refractivity contribution >= 4 is 11.8 Å². The van der Waals surface area contributed by atoms with Crippen LogP contribution >= 0.6 is 0 Å². The minimum atomic E-state index is -0.541. The zero-order valence-electron chi connectivity index (χ0n) is 9.86. The third kappa shape index (κ3) is 2.04. The van der Waals surface area contributed by atoms with Crippen LogP contribution in [0.3, 0.4) is 0 Å². The highest BCUT2D eigenvalue weighted by Gasteiger charge is 2.17. The van der Waals surface area contributed by atoms with E-state index in [9.17, 15) is 9.18 Å². The number of rotatable bonds is 2. The number of hydrogen-bond acceptors (Lipinski definition) is 5. The van der Waals surface area contributed by atoms with Crippen molar-refractivity contribution in [2.75, 3.05) is 12.8 Å². The lowest BCUT2D eigenvalue weighted by molar-refractivity contribution is 0.0600. The number of esters is 1. The number of hydrogen-bond donors (Lipinski definition) is 1. The molecule has 1 aromatic heterocycles. The molecule has 0 aliphatic rings. The van der Waals surface area contributed by atoms with Gasteiger partial charge in [-0.05, 0) is 24.6 Å². The molecule has 2 rings (SSSR count). The van der Waals surface area contributed by atoms with Crippen LogP contribution in [0.15, 0.2) is 22.7 Å². The predicted octanol–water partition coefficient (Wildman–Crippen LogP) is 2.16. The van der Waals surface area contributed by atoms with Crippen molar-refractivity contribution in [1.29, 1.82) is 0 Å². The maximum atomic E-state index is 13.8. The molecule has 0 atom stereocenters. The van der Waals surface area contributed by atoms with E-state index in [0.717, 1.165) is 0 Å². The standard InChI is InChI=1S/C12H11FN2O3/c1-6-3-9(13)8(4-7(6)12(16)17-2)10-5-11(14)15-18-10/h3-5H,1-2H3,(H2,14,15). The molecule has 94 valence electrons. The third-order valence-corrected chi connectivity index (χ3v) is 2.51. The molecular weight excluding hydrogens is 239 g/mol. The molecule has 2 N–H and O–H groups in total. The summed E-state index contributed by atoms with van der Waals surface area (Å²) in [6.45, 7) is 1.62. The second-order valence-corrected chi connectivity index (χ2v) is 3.75. The van der Waals surface area contributed by atoms with Gasteiger partial charge in [0.2, 0.25) is 0 Å². The molecule has 0 aliphatic heterocycles. The molecule has 0 saturated carbocycles. The fraction of sp³-hybridized carbons (Fsp3) is 0.167. The first-order valence-electron chi connectivity index (χ1n) is 5.14. The molecule has 0 spiro atoms. The second-order valence-electron chi connectivity index (χ2n) is 3.75. The topological polar surface area (TPSA) is 78.4 Å². The number of carbonyl (C=O) groups excluding carboxylic acids is 1. The smallest absolute Gasteiger partial charge is 0.338 e. The summed E-state index contributed by atoms with van der Waals surface area (Å²) >= 11 is 0. The number of nitrogens with two attached hydrogens (primary N) is 1. The fourth-order valence-corrected chi connectivity index (χ4v) is 1.61. The minimum absolute atomic E-state index is 0.116. The van der Waals surface area contributed by atoms with Gasteiger partial charge in [0.25, 0.3) is 0 Å². The van der Waals surface area contributed by atoms with Gasteiger partial charge < -0.3 is 15.0 Å². The van der Waals surface area contributed by atoms with Crippen LogP contribution in [0.2, 0.25) is 0 Å². The van der Waals surface area contributed by atoms with Gasteiger partial charge in [-0.1, -0.05) is 5.16 Å². The number of ether oxygens (including phenoxy) is 1. The molecule has 0 bridgehead atoms. The first-order valence-corrected chi connectivity index (χ1v) is 5.14. The van der Waals surface area contributed by atoms with E-state index >= 15 is 0 Å². The average Bonchev–Trinajstić information content (AvgIpc) is 2.75. The van der Waals surface area contributed by atoms with Gasteiger partial charge in [0.15, 0.2) is 11.6 Å². The van der Waals surface area contributed by atoms with Crippen LogP contribution in [0.1, 0.15) is 15.9 Å². The zero-order chi connectivity index (χ0) is 13.3. The summed E-state index contributed by atoms with van der Waals surface area (Å²) < 4.78 is 23.3. The monoisotopic (exact) mass is 250 g/mol. The molecule has 18 heavy (non-hydrogen) atoms. The highest BCUT2D eigenvalue weighted by Crippen LogP contribution is 2.27. The normalized spacial score (nSPS) is 10.4. The van der Waals surface area contributed by atoms with Crippen LogP contribution in [0, 0.1) is 12.7 Å². The molecule has 0 saturated heterocycles. The quantitative estimate of drug-likeness (QED) is 0.826. The van der Waals surface area contributed by atoms with Crippen LogP contribution in [0.5, 0.6) is 0 Å². The Balaban J connectivity index is 2.58. The van der Waals surface area contributed by atoms with Gasteiger partial charge in [-0.25, -0.2) is 9.18 Å². The Labute approximate surface area is 102 Å². The molecule has 6 heteroatoms. The van der Waals surface area contributed by atoms with Gasteiger partial charge in [-0.2, -0.15) is 0 Å². The van der Waals surface area contributed by atoms with Crippen LogP contribution in [0.4, 0.5) is 10.2 Å². The largest absolute Gasteiger partial charge is 0.465 e. The summed E-state index contributed by atoms with van der Waals surface area (Å²) in [7, 11) is 1.26. The van der Waals surface area contributed by atoms with Crippen LogP contribution in [0.25, 0.3) is 11.3 Å². The molecule has 0 aliphatic carbocycles. The summed E-state index contributed by atoms with van der Waals surface area (Å²) in [5.41, 5.74) is 6.27. The molecule has 1 heterocycles. The third-order valence-electron chi connectivity index (χ3n) is 2.51. The number of aromatic nitrogens is 1. The molecule has 1 aromatic carbocycles. The van der Waals surface area contributed by atoms with Gasteiger partial charge in [0, 0.05) is 6.07 Å². The second kappa shape index (κ2) is 4.48. The number of halogens is 1. The van der Waals surface area contributed by atoms with Crippen molar-refractivity contribution in [3.63, 3.8) is 0 Å². The predicted molar refractivity (Wildman–Crippen MR) is 62.4 cm³/mol. The van der Waals surface area contributed by atoms with Gasteiger partial charge in [-0.3, -0.25) is 0 Å². The number of anilines is 1. The lowest BCUT2D eigenvalue weighted by Crippen LogP contribution is -2.05. The van der Waals surface area contributed by atoms with Crippen LogP contribution in [-0.4, -0.2) is 18.2 Å². The van der Waals surface area contributed by atoms with Crippen LogP contribution < -0.4 is 5.73 Å². The Kier molecular flexibility index (Phi) is 3.01. The van der Waals surface area contributed by atoms with E-state index in [1.807, 2.05) is 0 Å². The molecule has 0 amide bonds. The van der Waals surface area contributed by atoms with Gasteiger partial charge >= 0.3 is 5.97 Å². The highest BCUT2D eigenvalue weighted by atomic mass is 19.1. The number of aryl methyl sites for hydroxylation is 1. The van der Waals surface area contributed by atoms with Crippen LogP contribution in [-0.2, 0) is 4.74 Å². The minimum Gasteiger partial charge on any atom is -0.465 e. The lowest BCUT2D eigenvalue weighted by Gasteiger charge is -2.06. The lowest BCUT2D eigenvalue weighted by atomic mass is 10.0. The maximum Gasteiger partial charge on any atom is 0.338 e. The summed E-state index contributed by atoms with van der Waals surface area (Å²) in [4.78, 5) is 11.5. The van der Waals surface area contributed by atoms with Gasteiger partial charge in [0.1, 0.15) is 5.82 Å². The van der Waals surface area contributed by atoms with Crippen molar-refractivity contribution in [3.8, 4) is 11.3 Å². The summed E-state index contributed by atoms with van der Waals surface area (Å²) in [6, 6.07) is 3.98. The summed E-state index contributed by atoms with van der Waals surface area (Å²) in [6.07, 6.45) is 0. The van der Waals surface area contributed by atoms with Gasteiger partial charge in [0.05, 0.1) is 18.2 Å². The van der Waals surface area contributed by atoms with E-state index in [4.69, 9.17) is 10.3 Å². The first kappa shape index (κ1) is 12.1. The van der Waals surface area contributed by atoms with Gasteiger partial charge in [-0.15, -0.1) is 0 Å². The van der Waals surface area contributed by atoms with E-state index in [1.165, 1.54) is 25.3 Å². The van der Waals surface area contributed by atoms with Crippen molar-refractivity contribution < 1.29 is 18.4 Å². The number of methoxy groups -OCH3 is 1. The Morgan fingerprint density at radius 2 is 2.17 bits per heavy atom. The fourth-order valence-electron chi connectivity index (χ4n) is 1.61. The van der Waals surface area contributed by atoms with Crippen molar-refractivity contribution in [1.82, 2.24) is 5.16 Å². The SMILES string of the molecule is COC(=O)c1cc(-c2cc(N)no2)c(F)cc1C. The Bertz CT molecular complexity index is 607. The highest BCUT2D eigenvalue weighted by molar-refractivity contribution is 5.92. The summed E-state index contributed by atoms with van der Waals surface area (Å²) in [5.74, 6) is -0.753. The van der Waals surface area contributed by atoms with E-state index in [1.54, 1.807) is 6.92 Å². The number of benzene rings is 1. The Morgan fingerprint density at radius 3 is 2.72 bits per heavy atom. The van der Waals surface area contributed by atoms with E-state index in [0.29, 0.717) is 5.56 Å².